The van der Waals surface area contributed by atoms with Crippen LogP contribution in [0.1, 0.15) is 5.76 Å². The number of rotatable bonds is 5. The maximum absolute atomic E-state index is 5.88. The van der Waals surface area contributed by atoms with Gasteiger partial charge in [0.15, 0.2) is 10.8 Å². The van der Waals surface area contributed by atoms with Gasteiger partial charge in [-0.3, -0.25) is 0 Å². The molecule has 7 heteroatoms. The molecule has 29 heavy (non-hydrogen) atoms. The standard InChI is InChI=1S/C22H18N4O2S/c1-14-12-19-25-20(21(26(19)28-14)15-6-4-3-5-7-15)18-13-29-22(24-18)23-16-8-10-17(27-2)11-9-16/h3-13H,1-2H3,(H,23,24). The number of hydrogen-bond acceptors (Lipinski definition) is 6. The zero-order valence-corrected chi connectivity index (χ0v) is 16.7. The molecule has 0 aliphatic rings. The number of ether oxygens (including phenoxy) is 1. The van der Waals surface area contributed by atoms with Gasteiger partial charge in [-0.1, -0.05) is 30.3 Å². The number of aromatic nitrogens is 3. The van der Waals surface area contributed by atoms with Crippen LogP contribution in [0.2, 0.25) is 0 Å². The molecule has 5 rings (SSSR count). The Hall–Kier alpha value is -3.58. The quantitative estimate of drug-likeness (QED) is 0.404. The normalized spacial score (nSPS) is 11.1. The van der Waals surface area contributed by atoms with Gasteiger partial charge in [-0.25, -0.2) is 9.97 Å². The van der Waals surface area contributed by atoms with E-state index in [1.54, 1.807) is 11.7 Å². The van der Waals surface area contributed by atoms with Crippen molar-refractivity contribution >= 4 is 27.8 Å². The van der Waals surface area contributed by atoms with Gasteiger partial charge in [0.2, 0.25) is 0 Å². The van der Waals surface area contributed by atoms with Gasteiger partial charge in [0, 0.05) is 22.7 Å². The van der Waals surface area contributed by atoms with E-state index in [0.29, 0.717) is 0 Å². The van der Waals surface area contributed by atoms with Crippen LogP contribution in [0.5, 0.6) is 5.75 Å². The fourth-order valence-electron chi connectivity index (χ4n) is 3.23. The summed E-state index contributed by atoms with van der Waals surface area (Å²) in [6.45, 7) is 1.92. The van der Waals surface area contributed by atoms with Gasteiger partial charge in [-0.05, 0) is 31.2 Å². The monoisotopic (exact) mass is 402 g/mol. The van der Waals surface area contributed by atoms with E-state index in [2.05, 4.69) is 5.32 Å². The van der Waals surface area contributed by atoms with E-state index >= 15 is 0 Å². The summed E-state index contributed by atoms with van der Waals surface area (Å²) < 4.78 is 12.9. The zero-order chi connectivity index (χ0) is 19.8. The third-order valence-corrected chi connectivity index (χ3v) is 5.32. The number of thiazole rings is 1. The summed E-state index contributed by atoms with van der Waals surface area (Å²) in [4.78, 5) is 9.55. The highest BCUT2D eigenvalue weighted by Gasteiger charge is 2.20. The lowest BCUT2D eigenvalue weighted by molar-refractivity contribution is 0.361. The number of fused-ring (bicyclic) bond motifs is 1. The number of nitrogens with zero attached hydrogens (tertiary/aromatic N) is 3. The maximum Gasteiger partial charge on any atom is 0.187 e. The Morgan fingerprint density at radius 3 is 2.59 bits per heavy atom. The van der Waals surface area contributed by atoms with Crippen LogP contribution in [0.4, 0.5) is 10.8 Å². The number of hydrogen-bond donors (Lipinski definition) is 1. The number of benzene rings is 2. The topological polar surface area (TPSA) is 64.6 Å². The largest absolute Gasteiger partial charge is 0.497 e. The lowest BCUT2D eigenvalue weighted by Gasteiger charge is -2.04. The average Bonchev–Trinajstić information content (AvgIpc) is 3.43. The molecule has 0 aliphatic heterocycles. The lowest BCUT2D eigenvalue weighted by Crippen LogP contribution is -1.91. The van der Waals surface area contributed by atoms with Crippen molar-refractivity contribution in [2.24, 2.45) is 0 Å². The van der Waals surface area contributed by atoms with Gasteiger partial charge in [0.05, 0.1) is 7.11 Å². The zero-order valence-electron chi connectivity index (χ0n) is 15.9. The maximum atomic E-state index is 5.88. The number of imidazole rings is 1. The van der Waals surface area contributed by atoms with Gasteiger partial charge in [-0.2, -0.15) is 4.57 Å². The van der Waals surface area contributed by atoms with E-state index < -0.39 is 0 Å². The Morgan fingerprint density at radius 1 is 1.03 bits per heavy atom. The smallest absolute Gasteiger partial charge is 0.187 e. The lowest BCUT2D eigenvalue weighted by atomic mass is 10.1. The molecule has 0 fully saturated rings. The molecule has 0 amide bonds. The molecule has 0 radical (unpaired) electrons. The first-order valence-corrected chi connectivity index (χ1v) is 10.0. The predicted octanol–water partition coefficient (Wildman–Crippen LogP) is 5.78. The van der Waals surface area contributed by atoms with Crippen LogP contribution in [-0.2, 0) is 0 Å². The van der Waals surface area contributed by atoms with Gasteiger partial charge in [0.25, 0.3) is 0 Å². The van der Waals surface area contributed by atoms with Crippen LogP contribution in [-0.4, -0.2) is 21.7 Å². The second-order valence-electron chi connectivity index (χ2n) is 6.57. The Kier molecular flexibility index (Phi) is 4.29. The summed E-state index contributed by atoms with van der Waals surface area (Å²) in [5, 5.41) is 6.14. The SMILES string of the molecule is COc1ccc(Nc2nc(-c3nc4cc(C)on4c3-c3ccccc3)cs2)cc1. The molecule has 6 nitrogen and oxygen atoms in total. The molecular weight excluding hydrogens is 384 g/mol. The van der Waals surface area contributed by atoms with Crippen molar-refractivity contribution in [3.05, 3.63) is 71.8 Å². The Labute approximate surface area is 171 Å². The van der Waals surface area contributed by atoms with Crippen molar-refractivity contribution in [3.63, 3.8) is 0 Å². The Balaban J connectivity index is 1.53. The number of nitrogens with one attached hydrogen (secondary N) is 1. The third-order valence-electron chi connectivity index (χ3n) is 4.56. The second kappa shape index (κ2) is 7.10. The molecule has 0 spiro atoms. The molecular formula is C22H18N4O2S. The third kappa shape index (κ3) is 3.25. The molecule has 0 saturated heterocycles. The highest BCUT2D eigenvalue weighted by atomic mass is 32.1. The van der Waals surface area contributed by atoms with E-state index in [9.17, 15) is 0 Å². The van der Waals surface area contributed by atoms with Crippen molar-refractivity contribution in [1.29, 1.82) is 0 Å². The molecule has 0 atom stereocenters. The molecule has 3 aromatic heterocycles. The van der Waals surface area contributed by atoms with Gasteiger partial charge in [0.1, 0.15) is 28.6 Å². The van der Waals surface area contributed by atoms with E-state index in [1.807, 2.05) is 73.0 Å². The molecule has 0 unspecified atom stereocenters. The first-order valence-electron chi connectivity index (χ1n) is 9.13. The first kappa shape index (κ1) is 17.5. The predicted molar refractivity (Wildman–Crippen MR) is 115 cm³/mol. The molecule has 0 bridgehead atoms. The van der Waals surface area contributed by atoms with E-state index in [0.717, 1.165) is 50.6 Å². The molecule has 0 aliphatic carbocycles. The van der Waals surface area contributed by atoms with Gasteiger partial charge >= 0.3 is 0 Å². The summed E-state index contributed by atoms with van der Waals surface area (Å²) in [5.74, 6) is 1.63. The fraction of sp³-hybridized carbons (Fsp3) is 0.0909. The van der Waals surface area contributed by atoms with E-state index in [-0.39, 0.29) is 0 Å². The molecule has 144 valence electrons. The second-order valence-corrected chi connectivity index (χ2v) is 7.42. The molecule has 5 aromatic rings. The van der Waals surface area contributed by atoms with Crippen LogP contribution in [0.25, 0.3) is 28.3 Å². The summed E-state index contributed by atoms with van der Waals surface area (Å²) in [7, 11) is 1.66. The molecule has 1 N–H and O–H groups in total. The van der Waals surface area contributed by atoms with Crippen molar-refractivity contribution in [2.75, 3.05) is 12.4 Å². The van der Waals surface area contributed by atoms with Crippen LogP contribution < -0.4 is 10.1 Å². The highest BCUT2D eigenvalue weighted by molar-refractivity contribution is 7.14. The highest BCUT2D eigenvalue weighted by Crippen LogP contribution is 2.35. The summed E-state index contributed by atoms with van der Waals surface area (Å²) in [5.41, 5.74) is 5.26. The summed E-state index contributed by atoms with van der Waals surface area (Å²) in [6.07, 6.45) is 0. The molecule has 3 heterocycles. The van der Waals surface area contributed by atoms with Crippen molar-refractivity contribution < 1.29 is 9.26 Å². The van der Waals surface area contributed by atoms with Gasteiger partial charge < -0.3 is 14.6 Å². The van der Waals surface area contributed by atoms with Crippen LogP contribution in [0.15, 0.2) is 70.6 Å². The molecule has 0 saturated carbocycles. The minimum absolute atomic E-state index is 0.772. The number of aryl methyl sites for hydroxylation is 1. The first-order chi connectivity index (χ1) is 14.2. The van der Waals surface area contributed by atoms with Gasteiger partial charge in [-0.15, -0.1) is 11.3 Å². The van der Waals surface area contributed by atoms with Crippen molar-refractivity contribution in [3.8, 4) is 28.4 Å². The van der Waals surface area contributed by atoms with Crippen LogP contribution >= 0.6 is 11.3 Å². The Bertz CT molecular complexity index is 1270. The minimum Gasteiger partial charge on any atom is -0.497 e. The van der Waals surface area contributed by atoms with Crippen LogP contribution in [0.3, 0.4) is 0 Å². The fourth-order valence-corrected chi connectivity index (χ4v) is 3.94. The minimum atomic E-state index is 0.772. The van der Waals surface area contributed by atoms with Crippen molar-refractivity contribution in [1.82, 2.24) is 14.5 Å². The van der Waals surface area contributed by atoms with E-state index in [1.165, 1.54) is 11.3 Å². The Morgan fingerprint density at radius 2 is 1.83 bits per heavy atom. The molecule has 2 aromatic carbocycles. The summed E-state index contributed by atoms with van der Waals surface area (Å²) in [6, 6.07) is 19.8. The van der Waals surface area contributed by atoms with E-state index in [4.69, 9.17) is 19.2 Å². The average molecular weight is 402 g/mol. The number of methoxy groups -OCH3 is 1. The summed E-state index contributed by atoms with van der Waals surface area (Å²) >= 11 is 1.54. The number of anilines is 2. The van der Waals surface area contributed by atoms with Crippen LogP contribution in [0, 0.1) is 6.92 Å². The van der Waals surface area contributed by atoms with Crippen molar-refractivity contribution in [2.45, 2.75) is 6.92 Å².